The quantitative estimate of drug-likeness (QED) is 0.859. The van der Waals surface area contributed by atoms with Crippen molar-refractivity contribution in [1.82, 2.24) is 0 Å². The van der Waals surface area contributed by atoms with Crippen molar-refractivity contribution in [3.8, 4) is 0 Å². The van der Waals surface area contributed by atoms with Gasteiger partial charge in [0.1, 0.15) is 17.3 Å². The maximum absolute atomic E-state index is 11.4. The van der Waals surface area contributed by atoms with E-state index in [-0.39, 0.29) is 0 Å². The zero-order chi connectivity index (χ0) is 13.3. The van der Waals surface area contributed by atoms with Gasteiger partial charge in [0, 0.05) is 5.56 Å². The smallest absolute Gasteiger partial charge is 0.316 e. The van der Waals surface area contributed by atoms with Gasteiger partial charge >= 0.3 is 5.97 Å². The zero-order valence-corrected chi connectivity index (χ0v) is 10.5. The first kappa shape index (κ1) is 12.5. The third-order valence-electron chi connectivity index (χ3n) is 3.50. The van der Waals surface area contributed by atoms with E-state index in [1.165, 1.54) is 0 Å². The van der Waals surface area contributed by atoms with Crippen molar-refractivity contribution >= 4 is 11.7 Å². The van der Waals surface area contributed by atoms with Crippen LogP contribution in [-0.4, -0.2) is 16.7 Å². The molecule has 4 nitrogen and oxygen atoms in total. The highest BCUT2D eigenvalue weighted by Gasteiger charge is 2.49. The largest absolute Gasteiger partial charge is 0.484 e. The fraction of sp³-hybridized carbons (Fsp3) is 0.357. The molecule has 0 radical (unpaired) electrons. The van der Waals surface area contributed by atoms with Gasteiger partial charge in [-0.1, -0.05) is 37.3 Å². The fourth-order valence-corrected chi connectivity index (χ4v) is 2.30. The van der Waals surface area contributed by atoms with Crippen LogP contribution in [0.2, 0.25) is 0 Å². The van der Waals surface area contributed by atoms with Gasteiger partial charge in [0.25, 0.3) is 0 Å². The van der Waals surface area contributed by atoms with Crippen LogP contribution in [0.25, 0.3) is 5.76 Å². The number of hydrogen-bond donors (Lipinski definition) is 2. The summed E-state index contributed by atoms with van der Waals surface area (Å²) >= 11 is 0. The standard InChI is InChI=1S/C14H17NO3/c1-3-14(2)10(13(16)17)11(15)12(18-14)9-7-5-4-6-8-9/h4-8,10H,3,15H2,1-2H3,(H,16,17). The number of carboxylic acid groups (broad SMARTS) is 1. The molecule has 0 aromatic heterocycles. The minimum Gasteiger partial charge on any atom is -0.484 e. The molecule has 4 heteroatoms. The summed E-state index contributed by atoms with van der Waals surface area (Å²) in [7, 11) is 0. The number of carboxylic acids is 1. The van der Waals surface area contributed by atoms with Gasteiger partial charge in [-0.05, 0) is 13.3 Å². The third-order valence-corrected chi connectivity index (χ3v) is 3.50. The summed E-state index contributed by atoms with van der Waals surface area (Å²) in [5.74, 6) is -1.24. The van der Waals surface area contributed by atoms with Crippen LogP contribution < -0.4 is 5.73 Å². The summed E-state index contributed by atoms with van der Waals surface area (Å²) in [5, 5.41) is 9.32. The van der Waals surface area contributed by atoms with Gasteiger partial charge in [-0.15, -0.1) is 0 Å². The molecule has 96 valence electrons. The first-order valence-electron chi connectivity index (χ1n) is 5.96. The van der Waals surface area contributed by atoms with Gasteiger partial charge in [0.15, 0.2) is 0 Å². The first-order valence-corrected chi connectivity index (χ1v) is 5.96. The van der Waals surface area contributed by atoms with E-state index in [1.54, 1.807) is 6.92 Å². The number of carbonyl (C=O) groups is 1. The van der Waals surface area contributed by atoms with Crippen molar-refractivity contribution < 1.29 is 14.6 Å². The highest BCUT2D eigenvalue weighted by Crippen LogP contribution is 2.43. The van der Waals surface area contributed by atoms with Crippen molar-refractivity contribution in [2.45, 2.75) is 25.9 Å². The summed E-state index contributed by atoms with van der Waals surface area (Å²) < 4.78 is 5.84. The number of benzene rings is 1. The van der Waals surface area contributed by atoms with Crippen molar-refractivity contribution in [2.24, 2.45) is 11.7 Å². The lowest BCUT2D eigenvalue weighted by molar-refractivity contribution is -0.146. The number of hydrogen-bond acceptors (Lipinski definition) is 3. The minimum absolute atomic E-state index is 0.304. The Balaban J connectivity index is 2.47. The number of nitrogens with two attached hydrogens (primary N) is 1. The molecule has 0 saturated heterocycles. The van der Waals surface area contributed by atoms with E-state index < -0.39 is 17.5 Å². The van der Waals surface area contributed by atoms with Crippen LogP contribution >= 0.6 is 0 Å². The van der Waals surface area contributed by atoms with Crippen LogP contribution in [0.15, 0.2) is 36.0 Å². The molecule has 0 saturated carbocycles. The molecule has 2 unspecified atom stereocenters. The number of aliphatic carboxylic acids is 1. The topological polar surface area (TPSA) is 72.5 Å². The van der Waals surface area contributed by atoms with Gasteiger partial charge in [-0.2, -0.15) is 0 Å². The van der Waals surface area contributed by atoms with E-state index in [2.05, 4.69) is 0 Å². The predicted molar refractivity (Wildman–Crippen MR) is 68.5 cm³/mol. The third kappa shape index (κ3) is 1.83. The van der Waals surface area contributed by atoms with Gasteiger partial charge < -0.3 is 15.6 Å². The molecule has 1 aromatic carbocycles. The summed E-state index contributed by atoms with van der Waals surface area (Å²) in [6.45, 7) is 3.69. The minimum atomic E-state index is -0.942. The van der Waals surface area contributed by atoms with Gasteiger partial charge in [-0.3, -0.25) is 4.79 Å². The molecule has 0 amide bonds. The Kier molecular flexibility index (Phi) is 3.03. The van der Waals surface area contributed by atoms with Crippen molar-refractivity contribution in [3.63, 3.8) is 0 Å². The second-order valence-electron chi connectivity index (χ2n) is 4.69. The highest BCUT2D eigenvalue weighted by molar-refractivity contribution is 5.81. The molecular weight excluding hydrogens is 230 g/mol. The second-order valence-corrected chi connectivity index (χ2v) is 4.69. The number of rotatable bonds is 3. The Morgan fingerprint density at radius 1 is 1.44 bits per heavy atom. The Morgan fingerprint density at radius 2 is 2.06 bits per heavy atom. The Bertz CT molecular complexity index is 495. The second kappa shape index (κ2) is 4.37. The predicted octanol–water partition coefficient (Wildman–Crippen LogP) is 2.21. The zero-order valence-electron chi connectivity index (χ0n) is 10.5. The van der Waals surface area contributed by atoms with E-state index in [4.69, 9.17) is 10.5 Å². The molecule has 0 aliphatic carbocycles. The lowest BCUT2D eigenvalue weighted by Crippen LogP contribution is -2.39. The average Bonchev–Trinajstić information content (AvgIpc) is 2.63. The summed E-state index contributed by atoms with van der Waals surface area (Å²) in [4.78, 5) is 11.4. The molecule has 18 heavy (non-hydrogen) atoms. The summed E-state index contributed by atoms with van der Waals surface area (Å²) in [5.41, 5.74) is 6.33. The van der Waals surface area contributed by atoms with E-state index in [0.717, 1.165) is 5.56 Å². The average molecular weight is 247 g/mol. The molecule has 0 bridgehead atoms. The van der Waals surface area contributed by atoms with Crippen molar-refractivity contribution in [2.75, 3.05) is 0 Å². The van der Waals surface area contributed by atoms with E-state index in [0.29, 0.717) is 17.9 Å². The normalized spacial score (nSPS) is 27.1. The Morgan fingerprint density at radius 3 is 2.50 bits per heavy atom. The lowest BCUT2D eigenvalue weighted by atomic mass is 9.86. The molecule has 0 fully saturated rings. The van der Waals surface area contributed by atoms with Gasteiger partial charge in [-0.25, -0.2) is 0 Å². The first-order chi connectivity index (χ1) is 8.49. The molecule has 1 aliphatic heterocycles. The van der Waals surface area contributed by atoms with E-state index in [9.17, 15) is 9.90 Å². The number of ether oxygens (including phenoxy) is 1. The fourth-order valence-electron chi connectivity index (χ4n) is 2.30. The van der Waals surface area contributed by atoms with Crippen molar-refractivity contribution in [1.29, 1.82) is 0 Å². The summed E-state index contributed by atoms with van der Waals surface area (Å²) in [6, 6.07) is 9.36. The van der Waals surface area contributed by atoms with E-state index >= 15 is 0 Å². The molecule has 1 aromatic rings. The van der Waals surface area contributed by atoms with Crippen LogP contribution in [0.1, 0.15) is 25.8 Å². The lowest BCUT2D eigenvalue weighted by Gasteiger charge is -2.27. The summed E-state index contributed by atoms with van der Waals surface area (Å²) in [6.07, 6.45) is 0.584. The molecule has 0 spiro atoms. The highest BCUT2D eigenvalue weighted by atomic mass is 16.5. The monoisotopic (exact) mass is 247 g/mol. The maximum atomic E-state index is 11.4. The van der Waals surface area contributed by atoms with Crippen molar-refractivity contribution in [3.05, 3.63) is 41.6 Å². The molecule has 2 rings (SSSR count). The van der Waals surface area contributed by atoms with Crippen LogP contribution in [0.4, 0.5) is 0 Å². The molecule has 3 N–H and O–H groups in total. The Hall–Kier alpha value is -1.97. The molecule has 1 heterocycles. The maximum Gasteiger partial charge on any atom is 0.316 e. The molecule has 1 aliphatic rings. The Labute approximate surface area is 106 Å². The molecule has 2 atom stereocenters. The van der Waals surface area contributed by atoms with E-state index in [1.807, 2.05) is 37.3 Å². The van der Waals surface area contributed by atoms with Gasteiger partial charge in [0.2, 0.25) is 0 Å². The van der Waals surface area contributed by atoms with Crippen LogP contribution in [0, 0.1) is 5.92 Å². The van der Waals surface area contributed by atoms with Crippen LogP contribution in [0.5, 0.6) is 0 Å². The van der Waals surface area contributed by atoms with Crippen LogP contribution in [0.3, 0.4) is 0 Å². The SMILES string of the molecule is CCC1(C)OC(c2ccccc2)=C(N)C1C(=O)O. The molecular formula is C14H17NO3. The van der Waals surface area contributed by atoms with Gasteiger partial charge in [0.05, 0.1) is 5.70 Å². The van der Waals surface area contributed by atoms with Crippen LogP contribution in [-0.2, 0) is 9.53 Å².